The molecule has 2 nitrogen and oxygen atoms in total. The van der Waals surface area contributed by atoms with E-state index in [1.54, 1.807) is 6.26 Å². The van der Waals surface area contributed by atoms with Gasteiger partial charge in [-0.25, -0.2) is 0 Å². The summed E-state index contributed by atoms with van der Waals surface area (Å²) in [5.41, 5.74) is 2.32. The molecule has 1 aromatic heterocycles. The predicted molar refractivity (Wildman–Crippen MR) is 70.3 cm³/mol. The molecule has 0 aliphatic carbocycles. The van der Waals surface area contributed by atoms with Crippen molar-refractivity contribution in [3.63, 3.8) is 0 Å². The van der Waals surface area contributed by atoms with Crippen LogP contribution in [0.1, 0.15) is 18.9 Å². The minimum absolute atomic E-state index is 0. The molecule has 0 saturated carbocycles. The van der Waals surface area contributed by atoms with Gasteiger partial charge in [0.15, 0.2) is 0 Å². The van der Waals surface area contributed by atoms with Gasteiger partial charge in [-0.05, 0) is 37.6 Å². The van der Waals surface area contributed by atoms with Gasteiger partial charge < -0.3 is 9.73 Å². The van der Waals surface area contributed by atoms with E-state index in [9.17, 15) is 0 Å². The minimum atomic E-state index is 0. The molecule has 0 amide bonds. The van der Waals surface area contributed by atoms with Crippen LogP contribution in [0.4, 0.5) is 0 Å². The molecule has 2 aromatic rings. The highest BCUT2D eigenvalue weighted by Crippen LogP contribution is 2.18. The SMILES string of the molecule is CCC(Cc1ccc2ccoc2c1)NC.Cl. The largest absolute Gasteiger partial charge is 0.464 e. The first kappa shape index (κ1) is 13.1. The summed E-state index contributed by atoms with van der Waals surface area (Å²) in [6.45, 7) is 2.20. The van der Waals surface area contributed by atoms with Gasteiger partial charge in [-0.1, -0.05) is 19.1 Å². The van der Waals surface area contributed by atoms with E-state index in [2.05, 4.69) is 30.4 Å². The van der Waals surface area contributed by atoms with Crippen LogP contribution in [0.3, 0.4) is 0 Å². The number of halogens is 1. The van der Waals surface area contributed by atoms with E-state index in [1.807, 2.05) is 13.1 Å². The molecule has 1 unspecified atom stereocenters. The van der Waals surface area contributed by atoms with E-state index in [0.717, 1.165) is 18.4 Å². The summed E-state index contributed by atoms with van der Waals surface area (Å²) in [5.74, 6) is 0. The molecule has 1 atom stereocenters. The number of benzene rings is 1. The van der Waals surface area contributed by atoms with Gasteiger partial charge in [0, 0.05) is 11.4 Å². The Balaban J connectivity index is 0.00000128. The Labute approximate surface area is 102 Å². The highest BCUT2D eigenvalue weighted by atomic mass is 35.5. The van der Waals surface area contributed by atoms with Crippen molar-refractivity contribution in [3.05, 3.63) is 36.1 Å². The number of hydrogen-bond acceptors (Lipinski definition) is 2. The van der Waals surface area contributed by atoms with Gasteiger partial charge in [0.2, 0.25) is 0 Å². The smallest absolute Gasteiger partial charge is 0.134 e. The Kier molecular flexibility index (Phi) is 4.84. The maximum atomic E-state index is 5.39. The zero-order valence-corrected chi connectivity index (χ0v) is 10.5. The molecule has 2 rings (SSSR count). The van der Waals surface area contributed by atoms with E-state index >= 15 is 0 Å². The van der Waals surface area contributed by atoms with Crippen LogP contribution in [0, 0.1) is 0 Å². The lowest BCUT2D eigenvalue weighted by atomic mass is 10.0. The Morgan fingerprint density at radius 2 is 2.12 bits per heavy atom. The first-order valence-electron chi connectivity index (χ1n) is 5.47. The molecule has 0 aliphatic heterocycles. The normalized spacial score (nSPS) is 12.4. The van der Waals surface area contributed by atoms with Gasteiger partial charge in [0.1, 0.15) is 5.58 Å². The van der Waals surface area contributed by atoms with Crippen LogP contribution in [0.15, 0.2) is 34.9 Å². The number of furan rings is 1. The molecule has 3 heteroatoms. The number of nitrogens with one attached hydrogen (secondary N) is 1. The monoisotopic (exact) mass is 239 g/mol. The first-order valence-corrected chi connectivity index (χ1v) is 5.47. The number of hydrogen-bond donors (Lipinski definition) is 1. The third-order valence-corrected chi connectivity index (χ3v) is 2.90. The summed E-state index contributed by atoms with van der Waals surface area (Å²) >= 11 is 0. The van der Waals surface area contributed by atoms with Crippen molar-refractivity contribution in [1.82, 2.24) is 5.32 Å². The molecule has 0 saturated heterocycles. The fourth-order valence-electron chi connectivity index (χ4n) is 1.86. The number of rotatable bonds is 4. The maximum absolute atomic E-state index is 5.39. The second-order valence-corrected chi connectivity index (χ2v) is 3.89. The van der Waals surface area contributed by atoms with E-state index in [0.29, 0.717) is 6.04 Å². The molecule has 0 radical (unpaired) electrons. The van der Waals surface area contributed by atoms with Crippen LogP contribution in [-0.4, -0.2) is 13.1 Å². The molecule has 1 heterocycles. The van der Waals surface area contributed by atoms with Crippen LogP contribution in [0.2, 0.25) is 0 Å². The summed E-state index contributed by atoms with van der Waals surface area (Å²) in [5, 5.41) is 4.49. The summed E-state index contributed by atoms with van der Waals surface area (Å²) in [4.78, 5) is 0. The van der Waals surface area contributed by atoms with Gasteiger partial charge >= 0.3 is 0 Å². The fourth-order valence-corrected chi connectivity index (χ4v) is 1.86. The molecule has 0 spiro atoms. The molecule has 1 aromatic carbocycles. The number of fused-ring (bicyclic) bond motifs is 1. The zero-order valence-electron chi connectivity index (χ0n) is 9.69. The van der Waals surface area contributed by atoms with Crippen LogP contribution in [0.25, 0.3) is 11.0 Å². The third kappa shape index (κ3) is 2.77. The van der Waals surface area contributed by atoms with Crippen molar-refractivity contribution in [2.45, 2.75) is 25.8 Å². The predicted octanol–water partition coefficient (Wildman–Crippen LogP) is 3.40. The summed E-state index contributed by atoms with van der Waals surface area (Å²) in [6.07, 6.45) is 3.94. The maximum Gasteiger partial charge on any atom is 0.134 e. The Morgan fingerprint density at radius 1 is 1.31 bits per heavy atom. The van der Waals surface area contributed by atoms with Gasteiger partial charge in [0.25, 0.3) is 0 Å². The second kappa shape index (κ2) is 5.92. The lowest BCUT2D eigenvalue weighted by Gasteiger charge is -2.13. The topological polar surface area (TPSA) is 25.2 Å². The van der Waals surface area contributed by atoms with Gasteiger partial charge in [-0.3, -0.25) is 0 Å². The molecule has 0 aliphatic rings. The Hall–Kier alpha value is -0.990. The zero-order chi connectivity index (χ0) is 10.7. The van der Waals surface area contributed by atoms with Crippen LogP contribution >= 0.6 is 12.4 Å². The number of likely N-dealkylation sites (N-methyl/N-ethyl adjacent to an activating group) is 1. The van der Waals surface area contributed by atoms with Crippen molar-refractivity contribution in [2.75, 3.05) is 7.05 Å². The standard InChI is InChI=1S/C13H17NO.ClH/c1-3-12(14-2)8-10-4-5-11-6-7-15-13(11)9-10;/h4-7,9,12,14H,3,8H2,1-2H3;1H. The van der Waals surface area contributed by atoms with Gasteiger partial charge in [-0.15, -0.1) is 12.4 Å². The van der Waals surface area contributed by atoms with E-state index in [4.69, 9.17) is 4.42 Å². The quantitative estimate of drug-likeness (QED) is 0.885. The lowest BCUT2D eigenvalue weighted by Crippen LogP contribution is -2.26. The molecule has 16 heavy (non-hydrogen) atoms. The lowest BCUT2D eigenvalue weighted by molar-refractivity contribution is 0.542. The molecule has 88 valence electrons. The van der Waals surface area contributed by atoms with Crippen molar-refractivity contribution >= 4 is 23.4 Å². The average Bonchev–Trinajstić information content (AvgIpc) is 2.73. The van der Waals surface area contributed by atoms with E-state index in [1.165, 1.54) is 10.9 Å². The van der Waals surface area contributed by atoms with Crippen LogP contribution in [-0.2, 0) is 6.42 Å². The van der Waals surface area contributed by atoms with Crippen LogP contribution < -0.4 is 5.32 Å². The highest BCUT2D eigenvalue weighted by molar-refractivity contribution is 5.85. The van der Waals surface area contributed by atoms with E-state index < -0.39 is 0 Å². The summed E-state index contributed by atoms with van der Waals surface area (Å²) < 4.78 is 5.39. The second-order valence-electron chi connectivity index (χ2n) is 3.89. The van der Waals surface area contributed by atoms with Gasteiger partial charge in [-0.2, -0.15) is 0 Å². The average molecular weight is 240 g/mol. The summed E-state index contributed by atoms with van der Waals surface area (Å²) in [7, 11) is 2.01. The molecule has 0 bridgehead atoms. The van der Waals surface area contributed by atoms with Crippen molar-refractivity contribution in [2.24, 2.45) is 0 Å². The van der Waals surface area contributed by atoms with Crippen molar-refractivity contribution < 1.29 is 4.42 Å². The van der Waals surface area contributed by atoms with Crippen molar-refractivity contribution in [3.8, 4) is 0 Å². The van der Waals surface area contributed by atoms with Gasteiger partial charge in [0.05, 0.1) is 6.26 Å². The fraction of sp³-hybridized carbons (Fsp3) is 0.385. The molecular weight excluding hydrogens is 222 g/mol. The van der Waals surface area contributed by atoms with Crippen molar-refractivity contribution in [1.29, 1.82) is 0 Å². The molecule has 1 N–H and O–H groups in total. The molecule has 0 fully saturated rings. The molecular formula is C13H18ClNO. The van der Waals surface area contributed by atoms with E-state index in [-0.39, 0.29) is 12.4 Å². The summed E-state index contributed by atoms with van der Waals surface area (Å²) in [6, 6.07) is 8.98. The van der Waals surface area contributed by atoms with Crippen LogP contribution in [0.5, 0.6) is 0 Å². The minimum Gasteiger partial charge on any atom is -0.464 e. The first-order chi connectivity index (χ1) is 7.33. The Bertz CT molecular complexity index is 434. The third-order valence-electron chi connectivity index (χ3n) is 2.90. The highest BCUT2D eigenvalue weighted by Gasteiger charge is 2.05. The Morgan fingerprint density at radius 3 is 2.81 bits per heavy atom.